The van der Waals surface area contributed by atoms with E-state index >= 15 is 0 Å². The maximum atomic E-state index is 12.5. The summed E-state index contributed by atoms with van der Waals surface area (Å²) in [5, 5.41) is 6.20. The lowest BCUT2D eigenvalue weighted by Crippen LogP contribution is -2.15. The van der Waals surface area contributed by atoms with Gasteiger partial charge in [0.25, 0.3) is 5.91 Å². The van der Waals surface area contributed by atoms with E-state index in [1.165, 1.54) is 11.1 Å². The minimum absolute atomic E-state index is 0.0230. The molecule has 0 spiro atoms. The molecule has 2 N–H and O–H groups in total. The zero-order valence-electron chi connectivity index (χ0n) is 16.4. The van der Waals surface area contributed by atoms with Crippen LogP contribution in [0, 0.1) is 6.92 Å². The molecule has 0 aliphatic rings. The molecule has 1 amide bonds. The molecule has 0 aliphatic carbocycles. The van der Waals surface area contributed by atoms with Gasteiger partial charge in [-0.15, -0.1) is 0 Å². The Morgan fingerprint density at radius 1 is 1.04 bits per heavy atom. The van der Waals surface area contributed by atoms with Gasteiger partial charge in [0.05, 0.1) is 23.7 Å². The van der Waals surface area contributed by atoms with Gasteiger partial charge in [0.1, 0.15) is 11.4 Å². The quantitative estimate of drug-likeness (QED) is 0.607. The average molecular weight is 375 g/mol. The van der Waals surface area contributed by atoms with Crippen LogP contribution in [-0.4, -0.2) is 17.0 Å². The number of amides is 1. The molecule has 3 rings (SSSR count). The molecule has 0 fully saturated rings. The van der Waals surface area contributed by atoms with Crippen LogP contribution in [0.25, 0.3) is 0 Å². The van der Waals surface area contributed by atoms with Crippen LogP contribution in [-0.2, 0) is 6.54 Å². The number of nitrogens with zero attached hydrogens (tertiary/aromatic N) is 1. The number of hydrogen-bond donors (Lipinski definition) is 2. The summed E-state index contributed by atoms with van der Waals surface area (Å²) in [7, 11) is 0. The maximum Gasteiger partial charge on any atom is 0.274 e. The van der Waals surface area contributed by atoms with E-state index in [2.05, 4.69) is 34.7 Å². The molecule has 0 radical (unpaired) electrons. The summed E-state index contributed by atoms with van der Waals surface area (Å²) in [6, 6.07) is 19.2. The van der Waals surface area contributed by atoms with Gasteiger partial charge in [-0.05, 0) is 56.2 Å². The van der Waals surface area contributed by atoms with Gasteiger partial charge in [0, 0.05) is 6.54 Å². The number of aromatic nitrogens is 1. The van der Waals surface area contributed by atoms with E-state index in [4.69, 9.17) is 4.74 Å². The highest BCUT2D eigenvalue weighted by atomic mass is 16.5. The van der Waals surface area contributed by atoms with Gasteiger partial charge < -0.3 is 15.4 Å². The van der Waals surface area contributed by atoms with E-state index in [0.717, 1.165) is 5.69 Å². The van der Waals surface area contributed by atoms with Crippen molar-refractivity contribution in [3.8, 4) is 5.75 Å². The Morgan fingerprint density at radius 3 is 2.50 bits per heavy atom. The molecule has 0 atom stereocenters. The van der Waals surface area contributed by atoms with E-state index in [-0.39, 0.29) is 12.0 Å². The van der Waals surface area contributed by atoms with Gasteiger partial charge >= 0.3 is 0 Å². The fourth-order valence-corrected chi connectivity index (χ4v) is 2.75. The molecule has 144 valence electrons. The van der Waals surface area contributed by atoms with Crippen LogP contribution >= 0.6 is 0 Å². The lowest BCUT2D eigenvalue weighted by Gasteiger charge is -2.14. The van der Waals surface area contributed by atoms with Crippen molar-refractivity contribution in [1.82, 2.24) is 4.98 Å². The van der Waals surface area contributed by atoms with Crippen molar-refractivity contribution < 1.29 is 9.53 Å². The molecule has 0 unspecified atom stereocenters. The van der Waals surface area contributed by atoms with Crippen LogP contribution < -0.4 is 15.4 Å². The molecule has 1 heterocycles. The van der Waals surface area contributed by atoms with Gasteiger partial charge in [-0.25, -0.2) is 4.98 Å². The molecule has 0 saturated carbocycles. The molecule has 5 nitrogen and oxygen atoms in total. The Hall–Kier alpha value is -3.34. The summed E-state index contributed by atoms with van der Waals surface area (Å²) in [5.41, 5.74) is 4.31. The first-order valence-corrected chi connectivity index (χ1v) is 9.34. The van der Waals surface area contributed by atoms with E-state index in [0.29, 0.717) is 23.7 Å². The smallest absolute Gasteiger partial charge is 0.274 e. The van der Waals surface area contributed by atoms with Gasteiger partial charge in [-0.1, -0.05) is 36.4 Å². The minimum Gasteiger partial charge on any atom is -0.489 e. The summed E-state index contributed by atoms with van der Waals surface area (Å²) >= 11 is 0. The van der Waals surface area contributed by atoms with Crippen LogP contribution in [0.15, 0.2) is 66.9 Å². The molecule has 5 heteroatoms. The Morgan fingerprint density at radius 2 is 1.79 bits per heavy atom. The minimum atomic E-state index is -0.273. The Balaban J connectivity index is 1.63. The van der Waals surface area contributed by atoms with Crippen LogP contribution in [0.1, 0.15) is 35.5 Å². The molecule has 0 aliphatic heterocycles. The van der Waals surface area contributed by atoms with Crippen molar-refractivity contribution >= 4 is 17.3 Å². The summed E-state index contributed by atoms with van der Waals surface area (Å²) < 4.78 is 5.74. The molecule has 0 bridgehead atoms. The van der Waals surface area contributed by atoms with Gasteiger partial charge in [-0.2, -0.15) is 0 Å². The lowest BCUT2D eigenvalue weighted by atomic mass is 10.1. The van der Waals surface area contributed by atoms with Gasteiger partial charge in [0.2, 0.25) is 0 Å². The normalized spacial score (nSPS) is 10.6. The number of benzene rings is 2. The van der Waals surface area contributed by atoms with E-state index in [9.17, 15) is 4.79 Å². The fourth-order valence-electron chi connectivity index (χ4n) is 2.75. The Kier molecular flexibility index (Phi) is 6.27. The lowest BCUT2D eigenvalue weighted by molar-refractivity contribution is 0.102. The second-order valence-corrected chi connectivity index (χ2v) is 6.83. The predicted octanol–water partition coefficient (Wildman–Crippen LogP) is 5.04. The van der Waals surface area contributed by atoms with Crippen LogP contribution in [0.4, 0.5) is 11.4 Å². The standard InChI is InChI=1S/C23H25N3O2/c1-16(2)28-22-11-7-6-10-20(22)26-23(27)21-13-12-19(15-25-21)24-14-18-9-5-4-8-17(18)3/h4-13,15-16,24H,14H2,1-3H3,(H,26,27). The third kappa shape index (κ3) is 5.10. The first-order chi connectivity index (χ1) is 13.5. The third-order valence-corrected chi connectivity index (χ3v) is 4.24. The maximum absolute atomic E-state index is 12.5. The fraction of sp³-hybridized carbons (Fsp3) is 0.217. The zero-order chi connectivity index (χ0) is 19.9. The largest absolute Gasteiger partial charge is 0.489 e. The summed E-state index contributed by atoms with van der Waals surface area (Å²) in [5.74, 6) is 0.368. The van der Waals surface area contributed by atoms with Crippen LogP contribution in [0.3, 0.4) is 0 Å². The van der Waals surface area contributed by atoms with Crippen molar-refractivity contribution in [2.75, 3.05) is 10.6 Å². The molecule has 1 aromatic heterocycles. The monoisotopic (exact) mass is 375 g/mol. The molecule has 3 aromatic rings. The number of para-hydroxylation sites is 2. The summed E-state index contributed by atoms with van der Waals surface area (Å²) in [6.07, 6.45) is 1.69. The first kappa shape index (κ1) is 19.4. The van der Waals surface area contributed by atoms with Crippen LogP contribution in [0.2, 0.25) is 0 Å². The van der Waals surface area contributed by atoms with Crippen molar-refractivity contribution in [2.24, 2.45) is 0 Å². The Bertz CT molecular complexity index is 937. The van der Waals surface area contributed by atoms with Crippen molar-refractivity contribution in [3.05, 3.63) is 83.7 Å². The average Bonchev–Trinajstić information content (AvgIpc) is 2.69. The second kappa shape index (κ2) is 9.04. The SMILES string of the molecule is Cc1ccccc1CNc1ccc(C(=O)Nc2ccccc2OC(C)C)nc1. The second-order valence-electron chi connectivity index (χ2n) is 6.83. The van der Waals surface area contributed by atoms with Crippen molar-refractivity contribution in [1.29, 1.82) is 0 Å². The molecule has 0 saturated heterocycles. The number of rotatable bonds is 7. The number of nitrogens with one attached hydrogen (secondary N) is 2. The Labute approximate surface area is 165 Å². The first-order valence-electron chi connectivity index (χ1n) is 9.34. The summed E-state index contributed by atoms with van der Waals surface area (Å²) in [6.45, 7) is 6.69. The van der Waals surface area contributed by atoms with E-state index < -0.39 is 0 Å². The number of carbonyl (C=O) groups excluding carboxylic acids is 1. The highest BCUT2D eigenvalue weighted by molar-refractivity contribution is 6.03. The summed E-state index contributed by atoms with van der Waals surface area (Å²) in [4.78, 5) is 16.8. The molecular formula is C23H25N3O2. The zero-order valence-corrected chi connectivity index (χ0v) is 16.4. The van der Waals surface area contributed by atoms with Crippen molar-refractivity contribution in [2.45, 2.75) is 33.4 Å². The molecule has 28 heavy (non-hydrogen) atoms. The number of carbonyl (C=O) groups is 1. The topological polar surface area (TPSA) is 63.2 Å². The van der Waals surface area contributed by atoms with Crippen molar-refractivity contribution in [3.63, 3.8) is 0 Å². The predicted molar refractivity (Wildman–Crippen MR) is 113 cm³/mol. The number of hydrogen-bond acceptors (Lipinski definition) is 4. The van der Waals surface area contributed by atoms with Gasteiger partial charge in [-0.3, -0.25) is 4.79 Å². The third-order valence-electron chi connectivity index (χ3n) is 4.24. The van der Waals surface area contributed by atoms with E-state index in [1.807, 2.05) is 56.3 Å². The number of aryl methyl sites for hydroxylation is 1. The highest BCUT2D eigenvalue weighted by Gasteiger charge is 2.12. The van der Waals surface area contributed by atoms with Crippen LogP contribution in [0.5, 0.6) is 5.75 Å². The highest BCUT2D eigenvalue weighted by Crippen LogP contribution is 2.25. The van der Waals surface area contributed by atoms with Gasteiger partial charge in [0.15, 0.2) is 0 Å². The molecule has 2 aromatic carbocycles. The molecular weight excluding hydrogens is 350 g/mol. The van der Waals surface area contributed by atoms with E-state index in [1.54, 1.807) is 12.3 Å². The number of pyridine rings is 1. The number of anilines is 2. The number of ether oxygens (including phenoxy) is 1.